The second-order valence-corrected chi connectivity index (χ2v) is 6.41. The van der Waals surface area contributed by atoms with Crippen molar-refractivity contribution >= 4 is 31.7 Å². The van der Waals surface area contributed by atoms with Crippen molar-refractivity contribution in [2.45, 2.75) is 4.90 Å². The molecule has 1 amide bonds. The molecule has 4 nitrogen and oxygen atoms in total. The Kier molecular flexibility index (Phi) is 4.09. The first kappa shape index (κ1) is 13.2. The third-order valence-electron chi connectivity index (χ3n) is 1.97. The van der Waals surface area contributed by atoms with E-state index in [1.807, 2.05) is 0 Å². The zero-order valence-electron chi connectivity index (χ0n) is 8.97. The molecule has 0 atom stereocenters. The fourth-order valence-corrected chi connectivity index (χ4v) is 2.93. The van der Waals surface area contributed by atoms with Crippen molar-refractivity contribution in [1.82, 2.24) is 4.90 Å². The molecule has 16 heavy (non-hydrogen) atoms. The molecule has 0 aliphatic heterocycles. The Morgan fingerprint density at radius 2 is 2.00 bits per heavy atom. The summed E-state index contributed by atoms with van der Waals surface area (Å²) in [7, 11) is -0.495. The lowest BCUT2D eigenvalue weighted by atomic mass is 10.4. The zero-order valence-corrected chi connectivity index (χ0v) is 11.4. The van der Waals surface area contributed by atoms with Gasteiger partial charge < -0.3 is 4.90 Å². The number of halogens is 1. The van der Waals surface area contributed by atoms with Gasteiger partial charge in [0.2, 0.25) is 5.91 Å². The number of benzene rings is 1. The van der Waals surface area contributed by atoms with Gasteiger partial charge in [0.1, 0.15) is 5.75 Å². The Bertz CT molecular complexity index is 497. The second-order valence-electron chi connectivity index (χ2n) is 3.50. The van der Waals surface area contributed by atoms with E-state index in [2.05, 4.69) is 15.9 Å². The van der Waals surface area contributed by atoms with Crippen LogP contribution in [0, 0.1) is 0 Å². The maximum Gasteiger partial charge on any atom is 0.237 e. The fraction of sp³-hybridized carbons (Fsp3) is 0.300. The summed E-state index contributed by atoms with van der Waals surface area (Å²) in [6.45, 7) is 0. The minimum absolute atomic E-state index is 0.150. The maximum absolute atomic E-state index is 11.8. The van der Waals surface area contributed by atoms with E-state index >= 15 is 0 Å². The first-order valence-corrected chi connectivity index (χ1v) is 6.96. The maximum atomic E-state index is 11.8. The van der Waals surface area contributed by atoms with E-state index in [9.17, 15) is 13.2 Å². The SMILES string of the molecule is CN(C)C(=O)CS(=O)(=O)c1cccc(Br)c1. The molecule has 0 fully saturated rings. The van der Waals surface area contributed by atoms with Crippen LogP contribution < -0.4 is 0 Å². The molecule has 0 radical (unpaired) electrons. The Hall–Kier alpha value is -0.880. The third-order valence-corrected chi connectivity index (χ3v) is 4.06. The normalized spacial score (nSPS) is 11.2. The molecule has 0 saturated heterocycles. The molecule has 0 heterocycles. The van der Waals surface area contributed by atoms with E-state index in [1.165, 1.54) is 31.1 Å². The summed E-state index contributed by atoms with van der Waals surface area (Å²) >= 11 is 3.19. The number of carbonyl (C=O) groups is 1. The molecule has 0 saturated carbocycles. The van der Waals surface area contributed by atoms with Crippen molar-refractivity contribution in [1.29, 1.82) is 0 Å². The summed E-state index contributed by atoms with van der Waals surface area (Å²) in [5.41, 5.74) is 0. The predicted octanol–water partition coefficient (Wildman–Crippen LogP) is 1.31. The van der Waals surface area contributed by atoms with Crippen LogP contribution in [0.1, 0.15) is 0 Å². The number of hydrogen-bond acceptors (Lipinski definition) is 3. The molecule has 0 aromatic heterocycles. The van der Waals surface area contributed by atoms with Crippen molar-refractivity contribution in [3.05, 3.63) is 28.7 Å². The molecule has 0 unspecified atom stereocenters. The second kappa shape index (κ2) is 4.97. The van der Waals surface area contributed by atoms with Gasteiger partial charge in [-0.2, -0.15) is 0 Å². The van der Waals surface area contributed by atoms with Crippen LogP contribution in [0.15, 0.2) is 33.6 Å². The number of rotatable bonds is 3. The third kappa shape index (κ3) is 3.31. The number of nitrogens with zero attached hydrogens (tertiary/aromatic N) is 1. The molecule has 0 aliphatic carbocycles. The van der Waals surface area contributed by atoms with Gasteiger partial charge >= 0.3 is 0 Å². The van der Waals surface area contributed by atoms with Crippen molar-refractivity contribution in [2.75, 3.05) is 19.8 Å². The molecule has 1 aromatic carbocycles. The fourth-order valence-electron chi connectivity index (χ4n) is 1.04. The summed E-state index contributed by atoms with van der Waals surface area (Å²) in [6.07, 6.45) is 0. The smallest absolute Gasteiger partial charge is 0.237 e. The number of carbonyl (C=O) groups excluding carboxylic acids is 1. The van der Waals surface area contributed by atoms with E-state index in [1.54, 1.807) is 12.1 Å². The van der Waals surface area contributed by atoms with Crippen LogP contribution in [0.4, 0.5) is 0 Å². The van der Waals surface area contributed by atoms with Gasteiger partial charge in [0.15, 0.2) is 9.84 Å². The van der Waals surface area contributed by atoms with Gasteiger partial charge in [-0.05, 0) is 18.2 Å². The standard InChI is InChI=1S/C10H12BrNO3S/c1-12(2)10(13)7-16(14,15)9-5-3-4-8(11)6-9/h3-6H,7H2,1-2H3. The largest absolute Gasteiger partial charge is 0.348 e. The summed E-state index contributed by atoms with van der Waals surface area (Å²) in [4.78, 5) is 12.8. The van der Waals surface area contributed by atoms with E-state index < -0.39 is 21.5 Å². The molecule has 0 N–H and O–H groups in total. The minimum Gasteiger partial charge on any atom is -0.348 e. The van der Waals surface area contributed by atoms with Crippen LogP contribution in [0.2, 0.25) is 0 Å². The van der Waals surface area contributed by atoms with Crippen LogP contribution in [-0.4, -0.2) is 39.1 Å². The summed E-state index contributed by atoms with van der Waals surface area (Å²) in [5, 5.41) is 0. The van der Waals surface area contributed by atoms with Crippen LogP contribution in [-0.2, 0) is 14.6 Å². The highest BCUT2D eigenvalue weighted by Gasteiger charge is 2.20. The van der Waals surface area contributed by atoms with Crippen LogP contribution in [0.25, 0.3) is 0 Å². The average Bonchev–Trinajstić information content (AvgIpc) is 2.17. The molecular formula is C10H12BrNO3S. The van der Waals surface area contributed by atoms with Crippen molar-refractivity contribution in [2.24, 2.45) is 0 Å². The molecule has 6 heteroatoms. The average molecular weight is 306 g/mol. The lowest BCUT2D eigenvalue weighted by Crippen LogP contribution is -2.29. The van der Waals surface area contributed by atoms with Gasteiger partial charge in [-0.15, -0.1) is 0 Å². The van der Waals surface area contributed by atoms with Gasteiger partial charge in [0.05, 0.1) is 4.90 Å². The van der Waals surface area contributed by atoms with Crippen LogP contribution in [0.3, 0.4) is 0 Å². The monoisotopic (exact) mass is 305 g/mol. The molecular weight excluding hydrogens is 294 g/mol. The van der Waals surface area contributed by atoms with E-state index in [-0.39, 0.29) is 4.90 Å². The number of amides is 1. The Balaban J connectivity index is 2.99. The van der Waals surface area contributed by atoms with Crippen molar-refractivity contribution in [3.8, 4) is 0 Å². The van der Waals surface area contributed by atoms with Gasteiger partial charge in [0, 0.05) is 18.6 Å². The molecule has 0 bridgehead atoms. The lowest BCUT2D eigenvalue weighted by molar-refractivity contribution is -0.125. The lowest BCUT2D eigenvalue weighted by Gasteiger charge is -2.10. The first-order chi connectivity index (χ1) is 7.33. The molecule has 1 aromatic rings. The highest BCUT2D eigenvalue weighted by atomic mass is 79.9. The molecule has 88 valence electrons. The minimum atomic E-state index is -3.55. The Morgan fingerprint density at radius 3 is 2.50 bits per heavy atom. The summed E-state index contributed by atoms with van der Waals surface area (Å²) < 4.78 is 24.3. The van der Waals surface area contributed by atoms with Crippen molar-refractivity contribution in [3.63, 3.8) is 0 Å². The van der Waals surface area contributed by atoms with E-state index in [0.717, 1.165) is 0 Å². The van der Waals surface area contributed by atoms with Gasteiger partial charge in [-0.3, -0.25) is 4.79 Å². The highest BCUT2D eigenvalue weighted by molar-refractivity contribution is 9.10. The molecule has 0 spiro atoms. The first-order valence-electron chi connectivity index (χ1n) is 4.51. The number of sulfone groups is 1. The van der Waals surface area contributed by atoms with Gasteiger partial charge in [-0.1, -0.05) is 22.0 Å². The van der Waals surface area contributed by atoms with Crippen LogP contribution >= 0.6 is 15.9 Å². The summed E-state index contributed by atoms with van der Waals surface area (Å²) in [6, 6.07) is 6.31. The quantitative estimate of drug-likeness (QED) is 0.846. The van der Waals surface area contributed by atoms with Crippen molar-refractivity contribution < 1.29 is 13.2 Å². The molecule has 0 aliphatic rings. The van der Waals surface area contributed by atoms with Gasteiger partial charge in [0.25, 0.3) is 0 Å². The van der Waals surface area contributed by atoms with E-state index in [4.69, 9.17) is 0 Å². The highest BCUT2D eigenvalue weighted by Crippen LogP contribution is 2.17. The number of hydrogen-bond donors (Lipinski definition) is 0. The van der Waals surface area contributed by atoms with Gasteiger partial charge in [-0.25, -0.2) is 8.42 Å². The van der Waals surface area contributed by atoms with E-state index in [0.29, 0.717) is 4.47 Å². The Labute approximate surface area is 103 Å². The predicted molar refractivity (Wildman–Crippen MR) is 64.9 cm³/mol. The molecule has 1 rings (SSSR count). The summed E-state index contributed by atoms with van der Waals surface area (Å²) in [5.74, 6) is -0.934. The topological polar surface area (TPSA) is 54.5 Å². The van der Waals surface area contributed by atoms with Crippen LogP contribution in [0.5, 0.6) is 0 Å². The zero-order chi connectivity index (χ0) is 12.3. The Morgan fingerprint density at radius 1 is 1.38 bits per heavy atom.